The quantitative estimate of drug-likeness (QED) is 0.506. The molecule has 3 aliphatic rings. The number of phenols is 1. The van der Waals surface area contributed by atoms with Crippen LogP contribution in [0.25, 0.3) is 28.2 Å². The van der Waals surface area contributed by atoms with E-state index in [1.54, 1.807) is 12.1 Å². The number of methoxy groups -OCH3 is 1. The van der Waals surface area contributed by atoms with Crippen LogP contribution in [0.15, 0.2) is 42.0 Å². The van der Waals surface area contributed by atoms with Crippen molar-refractivity contribution in [1.82, 2.24) is 9.47 Å². The average Bonchev–Trinajstić information content (AvgIpc) is 3.15. The molecule has 0 spiro atoms. The summed E-state index contributed by atoms with van der Waals surface area (Å²) in [4.78, 5) is 28.0. The fourth-order valence-corrected chi connectivity index (χ4v) is 6.27. The van der Waals surface area contributed by atoms with Crippen LogP contribution in [-0.2, 0) is 20.8 Å². The number of fused-ring (bicyclic) bond motifs is 5. The monoisotopic (exact) mass is 500 g/mol. The van der Waals surface area contributed by atoms with Crippen LogP contribution in [0, 0.1) is 0 Å². The number of esters is 1. The van der Waals surface area contributed by atoms with E-state index in [0.29, 0.717) is 49.9 Å². The number of benzene rings is 2. The summed E-state index contributed by atoms with van der Waals surface area (Å²) in [5.74, 6) is 0.172. The molecule has 6 rings (SSSR count). The largest absolute Gasteiger partial charge is 0.508 e. The van der Waals surface area contributed by atoms with E-state index < -0.39 is 0 Å². The first kappa shape index (κ1) is 23.8. The lowest BCUT2D eigenvalue weighted by Crippen LogP contribution is -2.41. The highest BCUT2D eigenvalue weighted by Gasteiger charge is 2.31. The van der Waals surface area contributed by atoms with Gasteiger partial charge in [0.1, 0.15) is 5.75 Å². The third-order valence-corrected chi connectivity index (χ3v) is 8.06. The summed E-state index contributed by atoms with van der Waals surface area (Å²) in [6, 6.07) is 11.2. The standard InChI is InChI=1S/C30H32N2O5/c1-36-30(35)20-7-9-25-26(17-20)32-18-22(29(34)31-11-13-37-14-12-31)15-21-16-23(33)8-10-24(21)28(32)27(25)19-5-3-2-4-6-19/h7-10,15-17,19,33H,2-6,11-14,18H2,1H3. The summed E-state index contributed by atoms with van der Waals surface area (Å²) >= 11 is 0. The number of rotatable bonds is 3. The second kappa shape index (κ2) is 9.71. The van der Waals surface area contributed by atoms with E-state index in [0.717, 1.165) is 40.6 Å². The topological polar surface area (TPSA) is 81.0 Å². The van der Waals surface area contributed by atoms with Gasteiger partial charge in [-0.25, -0.2) is 4.79 Å². The van der Waals surface area contributed by atoms with E-state index in [1.165, 1.54) is 31.9 Å². The van der Waals surface area contributed by atoms with Gasteiger partial charge >= 0.3 is 5.97 Å². The molecule has 7 heteroatoms. The van der Waals surface area contributed by atoms with Crippen LogP contribution < -0.4 is 0 Å². The Kier molecular flexibility index (Phi) is 6.24. The Bertz CT molecular complexity index is 1410. The number of carbonyl (C=O) groups is 2. The van der Waals surface area contributed by atoms with E-state index >= 15 is 0 Å². The molecule has 2 aromatic carbocycles. The van der Waals surface area contributed by atoms with Crippen molar-refractivity contribution in [2.45, 2.75) is 44.6 Å². The fraction of sp³-hybridized carbons (Fsp3) is 0.400. The Balaban J connectivity index is 1.60. The SMILES string of the molecule is COC(=O)c1ccc2c(C3CCCCC3)c3n(c2c1)CC(C(=O)N1CCOCC1)=Cc1cc(O)ccc1-3. The highest BCUT2D eigenvalue weighted by atomic mass is 16.5. The van der Waals surface area contributed by atoms with Gasteiger partial charge in [0.2, 0.25) is 0 Å². The molecule has 0 unspecified atom stereocenters. The molecule has 1 saturated carbocycles. The molecule has 3 aromatic rings. The molecule has 3 heterocycles. The first-order chi connectivity index (χ1) is 18.0. The van der Waals surface area contributed by atoms with E-state index in [1.807, 2.05) is 35.2 Å². The molecule has 1 amide bonds. The second-order valence-electron chi connectivity index (χ2n) is 10.3. The number of amides is 1. The molecule has 1 N–H and O–H groups in total. The zero-order valence-corrected chi connectivity index (χ0v) is 21.2. The molecule has 1 aromatic heterocycles. The molecule has 0 bridgehead atoms. The molecular formula is C30H32N2O5. The van der Waals surface area contributed by atoms with E-state index in [-0.39, 0.29) is 17.6 Å². The summed E-state index contributed by atoms with van der Waals surface area (Å²) < 4.78 is 12.7. The second-order valence-corrected chi connectivity index (χ2v) is 10.3. The first-order valence-corrected chi connectivity index (χ1v) is 13.2. The summed E-state index contributed by atoms with van der Waals surface area (Å²) in [6.07, 6.45) is 7.80. The Morgan fingerprint density at radius 3 is 2.57 bits per heavy atom. The number of phenolic OH excluding ortho intramolecular Hbond substituents is 1. The average molecular weight is 501 g/mol. The molecule has 1 saturated heterocycles. The van der Waals surface area contributed by atoms with Gasteiger partial charge in [0.15, 0.2) is 0 Å². The third-order valence-electron chi connectivity index (χ3n) is 8.06. The van der Waals surface area contributed by atoms with Gasteiger partial charge in [-0.1, -0.05) is 25.3 Å². The predicted octanol–water partition coefficient (Wildman–Crippen LogP) is 5.10. The van der Waals surface area contributed by atoms with Gasteiger partial charge in [-0.05, 0) is 66.3 Å². The Morgan fingerprint density at radius 2 is 1.81 bits per heavy atom. The van der Waals surface area contributed by atoms with Gasteiger partial charge in [0.25, 0.3) is 5.91 Å². The summed E-state index contributed by atoms with van der Waals surface area (Å²) in [5, 5.41) is 11.5. The number of hydrogen-bond acceptors (Lipinski definition) is 5. The number of hydrogen-bond donors (Lipinski definition) is 1. The van der Waals surface area contributed by atoms with Crippen LogP contribution in [-0.4, -0.2) is 59.9 Å². The van der Waals surface area contributed by atoms with Gasteiger partial charge < -0.3 is 24.0 Å². The van der Waals surface area contributed by atoms with Crippen LogP contribution in [0.1, 0.15) is 59.5 Å². The van der Waals surface area contributed by atoms with E-state index in [4.69, 9.17) is 9.47 Å². The van der Waals surface area contributed by atoms with Gasteiger partial charge in [-0.2, -0.15) is 0 Å². The molecule has 37 heavy (non-hydrogen) atoms. The van der Waals surface area contributed by atoms with Crippen molar-refractivity contribution in [2.75, 3.05) is 33.4 Å². The number of aromatic hydroxyl groups is 1. The number of morpholine rings is 1. The van der Waals surface area contributed by atoms with Crippen molar-refractivity contribution in [2.24, 2.45) is 0 Å². The van der Waals surface area contributed by atoms with Crippen LogP contribution in [0.2, 0.25) is 0 Å². The summed E-state index contributed by atoms with van der Waals surface area (Å²) in [6.45, 7) is 2.56. The Hall–Kier alpha value is -3.58. The highest BCUT2D eigenvalue weighted by Crippen LogP contribution is 2.47. The van der Waals surface area contributed by atoms with Crippen LogP contribution >= 0.6 is 0 Å². The maximum atomic E-state index is 13.7. The fourth-order valence-electron chi connectivity index (χ4n) is 6.27. The normalized spacial score (nSPS) is 18.1. The Morgan fingerprint density at radius 1 is 1.03 bits per heavy atom. The van der Waals surface area contributed by atoms with Gasteiger partial charge in [0.05, 0.1) is 38.1 Å². The maximum absolute atomic E-state index is 13.7. The molecule has 2 fully saturated rings. The van der Waals surface area contributed by atoms with Gasteiger partial charge in [-0.15, -0.1) is 0 Å². The van der Waals surface area contributed by atoms with E-state index in [9.17, 15) is 14.7 Å². The minimum absolute atomic E-state index is 0.0179. The highest BCUT2D eigenvalue weighted by molar-refractivity contribution is 6.03. The van der Waals surface area contributed by atoms with Crippen molar-refractivity contribution in [1.29, 1.82) is 0 Å². The predicted molar refractivity (Wildman–Crippen MR) is 142 cm³/mol. The minimum Gasteiger partial charge on any atom is -0.508 e. The maximum Gasteiger partial charge on any atom is 0.337 e. The van der Waals surface area contributed by atoms with Gasteiger partial charge in [-0.3, -0.25) is 4.79 Å². The van der Waals surface area contributed by atoms with Gasteiger partial charge in [0, 0.05) is 35.1 Å². The number of carbonyl (C=O) groups excluding carboxylic acids is 2. The molecule has 0 radical (unpaired) electrons. The molecular weight excluding hydrogens is 468 g/mol. The summed E-state index contributed by atoms with van der Waals surface area (Å²) in [5.41, 5.74) is 6.28. The van der Waals surface area contributed by atoms with E-state index in [2.05, 4.69) is 4.57 Å². The zero-order chi connectivity index (χ0) is 25.5. The molecule has 7 nitrogen and oxygen atoms in total. The number of ether oxygens (including phenoxy) is 2. The minimum atomic E-state index is -0.379. The zero-order valence-electron chi connectivity index (χ0n) is 21.2. The van der Waals surface area contributed by atoms with Crippen LogP contribution in [0.5, 0.6) is 5.75 Å². The van der Waals surface area contributed by atoms with Crippen molar-refractivity contribution in [3.63, 3.8) is 0 Å². The van der Waals surface area contributed by atoms with Crippen molar-refractivity contribution < 1.29 is 24.2 Å². The molecule has 1 aliphatic carbocycles. The number of nitrogens with zero attached hydrogens (tertiary/aromatic N) is 2. The third kappa shape index (κ3) is 4.21. The lowest BCUT2D eigenvalue weighted by atomic mass is 9.81. The lowest BCUT2D eigenvalue weighted by Gasteiger charge is -2.28. The van der Waals surface area contributed by atoms with Crippen LogP contribution in [0.4, 0.5) is 0 Å². The smallest absolute Gasteiger partial charge is 0.337 e. The molecule has 192 valence electrons. The van der Waals surface area contributed by atoms with Crippen LogP contribution in [0.3, 0.4) is 0 Å². The Labute approximate surface area is 216 Å². The number of aromatic nitrogens is 1. The van der Waals surface area contributed by atoms with Crippen molar-refractivity contribution in [3.8, 4) is 17.0 Å². The molecule has 2 aliphatic heterocycles. The van der Waals surface area contributed by atoms with Crippen molar-refractivity contribution in [3.05, 3.63) is 58.7 Å². The lowest BCUT2D eigenvalue weighted by molar-refractivity contribution is -0.131. The molecule has 0 atom stereocenters. The first-order valence-electron chi connectivity index (χ1n) is 13.2. The van der Waals surface area contributed by atoms with Crippen molar-refractivity contribution >= 4 is 28.9 Å². The summed E-state index contributed by atoms with van der Waals surface area (Å²) in [7, 11) is 1.39.